The van der Waals surface area contributed by atoms with Crippen molar-refractivity contribution in [1.82, 2.24) is 0 Å². The maximum absolute atomic E-state index is 13.9. The monoisotopic (exact) mass is 497 g/mol. The Bertz CT molecular complexity index is 1030. The van der Waals surface area contributed by atoms with Crippen molar-refractivity contribution in [3.63, 3.8) is 0 Å². The van der Waals surface area contributed by atoms with Crippen LogP contribution >= 0.6 is 0 Å². The fourth-order valence-electron chi connectivity index (χ4n) is 8.78. The van der Waals surface area contributed by atoms with Gasteiger partial charge in [0.25, 0.3) is 0 Å². The van der Waals surface area contributed by atoms with Crippen molar-refractivity contribution in [1.29, 1.82) is 0 Å². The SMILES string of the molecule is [2H]C([2H])([2H])[C@]1(C(=O)O[C@@H]2O[C@H](C(=O)O)[C@@H](O)[C@H](O)[C@H]2O)CCC[C@@]2(C)[C@@H]3CC[C@@]4(C)C[C@]3(CC[C@@H]21)CC4=O. The Labute approximate surface area is 209 Å². The maximum atomic E-state index is 13.9. The van der Waals surface area contributed by atoms with E-state index in [1.54, 1.807) is 0 Å². The number of rotatable bonds is 3. The molecule has 9 heteroatoms. The highest BCUT2D eigenvalue weighted by molar-refractivity contribution is 5.88. The van der Waals surface area contributed by atoms with Gasteiger partial charge in [-0.3, -0.25) is 9.59 Å². The standard InChI is InChI=1S/C26H38O9/c1-23-9-5-14-24(2)7-4-8-25(3,13(24)6-10-26(14,12-23)11-15(23)27)22(33)35-21-18(30)16(28)17(29)19(34-21)20(31)32/h13-14,16-19,21,28-30H,4-12H2,1-3H3,(H,31,32)/t13-,14-,16-,17-,18+,19-,21-,23-,24+,25-,26-/m0/s1/i3D3. The van der Waals surface area contributed by atoms with Crippen LogP contribution in [0.3, 0.4) is 0 Å². The molecule has 35 heavy (non-hydrogen) atoms. The van der Waals surface area contributed by atoms with Crippen LogP contribution in [0.25, 0.3) is 0 Å². The molecule has 0 unspecified atom stereocenters. The molecule has 9 nitrogen and oxygen atoms in total. The molecular formula is C26H38O9. The molecule has 5 aliphatic rings. The highest BCUT2D eigenvalue weighted by Gasteiger charge is 2.68. The third kappa shape index (κ3) is 3.45. The van der Waals surface area contributed by atoms with Crippen molar-refractivity contribution in [2.45, 2.75) is 109 Å². The molecule has 196 valence electrons. The zero-order valence-corrected chi connectivity index (χ0v) is 20.2. The number of aliphatic hydroxyl groups excluding tert-OH is 3. The molecule has 4 saturated carbocycles. The second kappa shape index (κ2) is 7.97. The van der Waals surface area contributed by atoms with Gasteiger partial charge in [0.15, 0.2) is 6.10 Å². The number of fused-ring (bicyclic) bond motifs is 3. The predicted octanol–water partition coefficient (Wildman–Crippen LogP) is 1.79. The first-order valence-electron chi connectivity index (χ1n) is 14.2. The summed E-state index contributed by atoms with van der Waals surface area (Å²) in [4.78, 5) is 38.4. The molecule has 1 aliphatic heterocycles. The highest BCUT2D eigenvalue weighted by Crippen LogP contribution is 2.73. The first-order valence-corrected chi connectivity index (χ1v) is 12.7. The maximum Gasteiger partial charge on any atom is 0.335 e. The summed E-state index contributed by atoms with van der Waals surface area (Å²) in [5.74, 6) is -2.99. The Morgan fingerprint density at radius 1 is 1.03 bits per heavy atom. The predicted molar refractivity (Wildman–Crippen MR) is 121 cm³/mol. The Morgan fingerprint density at radius 2 is 1.74 bits per heavy atom. The molecular weight excluding hydrogens is 456 g/mol. The van der Waals surface area contributed by atoms with Gasteiger partial charge < -0.3 is 29.9 Å². The minimum absolute atomic E-state index is 0.0231. The molecule has 11 atom stereocenters. The lowest BCUT2D eigenvalue weighted by molar-refractivity contribution is -0.292. The second-order valence-electron chi connectivity index (χ2n) is 12.4. The topological polar surface area (TPSA) is 151 Å². The van der Waals surface area contributed by atoms with E-state index >= 15 is 0 Å². The van der Waals surface area contributed by atoms with Gasteiger partial charge in [-0.1, -0.05) is 20.3 Å². The van der Waals surface area contributed by atoms with Gasteiger partial charge in [-0.2, -0.15) is 0 Å². The number of carbonyl (C=O) groups is 3. The molecule has 0 aromatic carbocycles. The van der Waals surface area contributed by atoms with Crippen LogP contribution in [0.5, 0.6) is 0 Å². The van der Waals surface area contributed by atoms with Crippen LogP contribution in [0.4, 0.5) is 0 Å². The smallest absolute Gasteiger partial charge is 0.335 e. The Balaban J connectivity index is 1.49. The number of hydrogen-bond acceptors (Lipinski definition) is 8. The summed E-state index contributed by atoms with van der Waals surface area (Å²) in [7, 11) is 0. The van der Waals surface area contributed by atoms with Gasteiger partial charge in [0, 0.05) is 15.9 Å². The largest absolute Gasteiger partial charge is 0.479 e. The van der Waals surface area contributed by atoms with Crippen LogP contribution in [0, 0.1) is 33.5 Å². The number of aliphatic hydroxyl groups is 3. The summed E-state index contributed by atoms with van der Waals surface area (Å²) < 4.78 is 36.2. The van der Waals surface area contributed by atoms with Crippen LogP contribution in [-0.2, 0) is 23.9 Å². The normalized spacial score (nSPS) is 55.1. The van der Waals surface area contributed by atoms with Gasteiger partial charge >= 0.3 is 11.9 Å². The summed E-state index contributed by atoms with van der Waals surface area (Å²) in [6, 6.07) is 0. The Hall–Kier alpha value is -1.55. The number of ketones is 1. The Morgan fingerprint density at radius 3 is 2.43 bits per heavy atom. The third-order valence-electron chi connectivity index (χ3n) is 10.5. The van der Waals surface area contributed by atoms with Gasteiger partial charge in [0.2, 0.25) is 6.29 Å². The van der Waals surface area contributed by atoms with Gasteiger partial charge in [0.05, 0.1) is 5.41 Å². The number of carboxylic acid groups (broad SMARTS) is 1. The lowest BCUT2D eigenvalue weighted by atomic mass is 9.40. The molecule has 5 fully saturated rings. The molecule has 2 bridgehead atoms. The third-order valence-corrected chi connectivity index (χ3v) is 10.5. The molecule has 4 aliphatic carbocycles. The molecule has 0 radical (unpaired) electrons. The summed E-state index contributed by atoms with van der Waals surface area (Å²) in [5, 5.41) is 39.9. The van der Waals surface area contributed by atoms with Gasteiger partial charge in [-0.25, -0.2) is 4.79 Å². The van der Waals surface area contributed by atoms with Crippen molar-refractivity contribution in [3.05, 3.63) is 0 Å². The summed E-state index contributed by atoms with van der Waals surface area (Å²) in [5.41, 5.74) is -3.02. The van der Waals surface area contributed by atoms with E-state index in [-0.39, 0.29) is 29.0 Å². The van der Waals surface area contributed by atoms with Crippen molar-refractivity contribution < 1.29 is 48.4 Å². The molecule has 5 rings (SSSR count). The molecule has 0 aromatic heterocycles. The number of ether oxygens (including phenoxy) is 2. The molecule has 4 N–H and O–H groups in total. The Kier molecular flexibility index (Phi) is 4.90. The quantitative estimate of drug-likeness (QED) is 0.428. The van der Waals surface area contributed by atoms with E-state index in [9.17, 15) is 34.8 Å². The summed E-state index contributed by atoms with van der Waals surface area (Å²) in [6.45, 7) is 1.30. The van der Waals surface area contributed by atoms with E-state index in [0.717, 1.165) is 19.3 Å². The minimum atomic E-state index is -2.78. The average molecular weight is 498 g/mol. The molecule has 1 saturated heterocycles. The number of carboxylic acids is 1. The number of Topliss-reactive ketones (excluding diaryl/α,β-unsaturated/α-hetero) is 1. The van der Waals surface area contributed by atoms with E-state index in [1.165, 1.54) is 0 Å². The summed E-state index contributed by atoms with van der Waals surface area (Å²) in [6.07, 6.45) is -4.79. The molecule has 1 heterocycles. The average Bonchev–Trinajstić information content (AvgIpc) is 3.00. The van der Waals surface area contributed by atoms with Crippen LogP contribution in [-0.4, -0.2) is 68.9 Å². The van der Waals surface area contributed by atoms with E-state index < -0.39 is 66.2 Å². The van der Waals surface area contributed by atoms with E-state index in [0.29, 0.717) is 32.1 Å². The van der Waals surface area contributed by atoms with Gasteiger partial charge in [0.1, 0.15) is 24.1 Å². The highest BCUT2D eigenvalue weighted by atomic mass is 16.7. The lowest BCUT2D eigenvalue weighted by Crippen LogP contribution is -2.62. The van der Waals surface area contributed by atoms with Crippen LogP contribution in [0.15, 0.2) is 0 Å². The second-order valence-corrected chi connectivity index (χ2v) is 12.4. The van der Waals surface area contributed by atoms with Crippen molar-refractivity contribution in [2.24, 2.45) is 33.5 Å². The molecule has 0 aromatic rings. The van der Waals surface area contributed by atoms with E-state index in [1.807, 2.05) is 13.8 Å². The van der Waals surface area contributed by atoms with Gasteiger partial charge in [-0.05, 0) is 74.5 Å². The fourth-order valence-corrected chi connectivity index (χ4v) is 8.78. The zero-order chi connectivity index (χ0) is 28.1. The first kappa shape index (κ1) is 21.5. The van der Waals surface area contributed by atoms with Crippen LogP contribution < -0.4 is 0 Å². The minimum Gasteiger partial charge on any atom is -0.479 e. The first-order chi connectivity index (χ1) is 17.5. The number of esters is 1. The number of hydrogen-bond donors (Lipinski definition) is 4. The fraction of sp³-hybridized carbons (Fsp3) is 0.885. The molecule has 0 amide bonds. The van der Waals surface area contributed by atoms with E-state index in [4.69, 9.17) is 13.6 Å². The van der Waals surface area contributed by atoms with E-state index in [2.05, 4.69) is 0 Å². The lowest BCUT2D eigenvalue weighted by Gasteiger charge is -2.64. The number of aliphatic carboxylic acids is 1. The van der Waals surface area contributed by atoms with Crippen molar-refractivity contribution >= 4 is 17.7 Å². The summed E-state index contributed by atoms with van der Waals surface area (Å²) >= 11 is 0. The van der Waals surface area contributed by atoms with Crippen molar-refractivity contribution in [2.75, 3.05) is 0 Å². The molecule has 1 spiro atoms. The number of carbonyl (C=O) groups excluding carboxylic acids is 2. The van der Waals surface area contributed by atoms with Crippen LogP contribution in [0.1, 0.15) is 82.6 Å². The van der Waals surface area contributed by atoms with Gasteiger partial charge in [-0.15, -0.1) is 0 Å². The van der Waals surface area contributed by atoms with Crippen LogP contribution in [0.2, 0.25) is 0 Å². The zero-order valence-electron chi connectivity index (χ0n) is 23.2. The van der Waals surface area contributed by atoms with Crippen molar-refractivity contribution in [3.8, 4) is 0 Å².